The molecular weight excluding hydrogens is 358 g/mol. The van der Waals surface area contributed by atoms with E-state index in [4.69, 9.17) is 15.2 Å². The Balaban J connectivity index is 1.75. The maximum Gasteiger partial charge on any atom is 0.244 e. The maximum atomic E-state index is 12.5. The summed E-state index contributed by atoms with van der Waals surface area (Å²) >= 11 is 0. The Labute approximate surface area is 153 Å². The zero-order valence-corrected chi connectivity index (χ0v) is 15.6. The third-order valence-electron chi connectivity index (χ3n) is 4.70. The number of methoxy groups -OCH3 is 1. The zero-order chi connectivity index (χ0) is 18.7. The lowest BCUT2D eigenvalue weighted by Crippen LogP contribution is -2.44. The first kappa shape index (κ1) is 19.1. The minimum Gasteiger partial charge on any atom is -0.495 e. The molecule has 8 nitrogen and oxygen atoms in total. The summed E-state index contributed by atoms with van der Waals surface area (Å²) in [6.07, 6.45) is 3.14. The van der Waals surface area contributed by atoms with E-state index in [1.54, 1.807) is 6.07 Å². The Kier molecular flexibility index (Phi) is 5.81. The summed E-state index contributed by atoms with van der Waals surface area (Å²) in [5, 5.41) is 2.72. The molecular formula is C17H25N3O5S. The minimum atomic E-state index is -3.71. The number of hydrogen-bond donors (Lipinski definition) is 3. The summed E-state index contributed by atoms with van der Waals surface area (Å²) in [5.74, 6) is -0.0489. The highest BCUT2D eigenvalue weighted by atomic mass is 32.2. The first-order chi connectivity index (χ1) is 12.4. The van der Waals surface area contributed by atoms with Gasteiger partial charge in [-0.2, -0.15) is 0 Å². The van der Waals surface area contributed by atoms with Crippen LogP contribution in [0.3, 0.4) is 0 Å². The molecule has 0 radical (unpaired) electrons. The molecule has 1 atom stereocenters. The van der Waals surface area contributed by atoms with Crippen LogP contribution in [0.25, 0.3) is 0 Å². The number of sulfonamides is 1. The molecule has 1 aromatic carbocycles. The Morgan fingerprint density at radius 2 is 1.96 bits per heavy atom. The monoisotopic (exact) mass is 383 g/mol. The molecule has 1 aromatic rings. The molecule has 4 N–H and O–H groups in total. The van der Waals surface area contributed by atoms with E-state index in [0.29, 0.717) is 18.9 Å². The molecule has 1 unspecified atom stereocenters. The van der Waals surface area contributed by atoms with Gasteiger partial charge >= 0.3 is 0 Å². The van der Waals surface area contributed by atoms with Crippen molar-refractivity contribution in [1.29, 1.82) is 0 Å². The van der Waals surface area contributed by atoms with Gasteiger partial charge in [-0.3, -0.25) is 4.79 Å². The van der Waals surface area contributed by atoms with Gasteiger partial charge in [-0.25, -0.2) is 13.1 Å². The molecule has 2 fully saturated rings. The smallest absolute Gasteiger partial charge is 0.244 e. The summed E-state index contributed by atoms with van der Waals surface area (Å²) in [6, 6.07) is 3.84. The van der Waals surface area contributed by atoms with Gasteiger partial charge in [0.25, 0.3) is 0 Å². The Morgan fingerprint density at radius 3 is 2.58 bits per heavy atom. The lowest BCUT2D eigenvalue weighted by molar-refractivity contribution is -0.119. The van der Waals surface area contributed by atoms with Gasteiger partial charge in [0.15, 0.2) is 0 Å². The molecule has 26 heavy (non-hydrogen) atoms. The van der Waals surface area contributed by atoms with Gasteiger partial charge in [0.1, 0.15) is 10.6 Å². The summed E-state index contributed by atoms with van der Waals surface area (Å²) < 4.78 is 38.1. The second-order valence-corrected chi connectivity index (χ2v) is 8.41. The van der Waals surface area contributed by atoms with E-state index < -0.39 is 16.1 Å². The van der Waals surface area contributed by atoms with Gasteiger partial charge < -0.3 is 20.5 Å². The molecule has 9 heteroatoms. The first-order valence-electron chi connectivity index (χ1n) is 8.75. The highest BCUT2D eigenvalue weighted by Crippen LogP contribution is 2.30. The standard InChI is InChI=1S/C17H25N3O5S/c1-24-14-5-4-13(10-15(14)26(22,23)20-12-2-3-12)19-17(21)16(18)11-6-8-25-9-7-11/h4-5,10-12,16,20H,2-3,6-9,18H2,1H3,(H,19,21). The number of benzene rings is 1. The molecule has 1 saturated heterocycles. The normalized spacial score (nSPS) is 19.8. The van der Waals surface area contributed by atoms with E-state index in [-0.39, 0.29) is 28.5 Å². The predicted octanol–water partition coefficient (Wildman–Crippen LogP) is 0.828. The van der Waals surface area contributed by atoms with Gasteiger partial charge in [0.2, 0.25) is 15.9 Å². The SMILES string of the molecule is COc1ccc(NC(=O)C(N)C2CCOCC2)cc1S(=O)(=O)NC1CC1. The average Bonchev–Trinajstić information content (AvgIpc) is 3.45. The lowest BCUT2D eigenvalue weighted by atomic mass is 9.92. The molecule has 1 heterocycles. The fourth-order valence-electron chi connectivity index (χ4n) is 2.96. The molecule has 3 rings (SSSR count). The van der Waals surface area contributed by atoms with Crippen molar-refractivity contribution in [2.45, 2.75) is 42.7 Å². The van der Waals surface area contributed by atoms with Crippen LogP contribution in [0.2, 0.25) is 0 Å². The Morgan fingerprint density at radius 1 is 1.27 bits per heavy atom. The van der Waals surface area contributed by atoms with E-state index in [1.165, 1.54) is 19.2 Å². The lowest BCUT2D eigenvalue weighted by Gasteiger charge is -2.26. The third-order valence-corrected chi connectivity index (χ3v) is 6.24. The first-order valence-corrected chi connectivity index (χ1v) is 10.2. The Hall–Kier alpha value is -1.68. The summed E-state index contributed by atoms with van der Waals surface area (Å²) in [7, 11) is -2.31. The molecule has 2 aliphatic rings. The van der Waals surface area contributed by atoms with Crippen LogP contribution < -0.4 is 20.5 Å². The van der Waals surface area contributed by atoms with Crippen LogP contribution in [0.15, 0.2) is 23.1 Å². The number of anilines is 1. The second-order valence-electron chi connectivity index (χ2n) is 6.73. The molecule has 1 saturated carbocycles. The molecule has 0 bridgehead atoms. The fourth-order valence-corrected chi connectivity index (χ4v) is 4.46. The van der Waals surface area contributed by atoms with Crippen molar-refractivity contribution in [3.8, 4) is 5.75 Å². The number of amides is 1. The second kappa shape index (κ2) is 7.91. The van der Waals surface area contributed by atoms with Crippen molar-refractivity contribution in [2.75, 3.05) is 25.6 Å². The molecule has 0 aromatic heterocycles. The number of ether oxygens (including phenoxy) is 2. The van der Waals surface area contributed by atoms with E-state index in [1.807, 2.05) is 0 Å². The van der Waals surface area contributed by atoms with Gasteiger partial charge in [-0.05, 0) is 49.8 Å². The number of nitrogens with one attached hydrogen (secondary N) is 2. The summed E-state index contributed by atoms with van der Waals surface area (Å²) in [5.41, 5.74) is 6.44. The van der Waals surface area contributed by atoms with Crippen LogP contribution in [0, 0.1) is 5.92 Å². The van der Waals surface area contributed by atoms with Crippen molar-refractivity contribution >= 4 is 21.6 Å². The number of nitrogens with two attached hydrogens (primary N) is 1. The highest BCUT2D eigenvalue weighted by Gasteiger charge is 2.31. The van der Waals surface area contributed by atoms with Crippen LogP contribution in [0.5, 0.6) is 5.75 Å². The van der Waals surface area contributed by atoms with Crippen LogP contribution >= 0.6 is 0 Å². The van der Waals surface area contributed by atoms with Crippen molar-refractivity contribution in [1.82, 2.24) is 4.72 Å². The summed E-state index contributed by atoms with van der Waals surface area (Å²) in [4.78, 5) is 12.4. The van der Waals surface area contributed by atoms with Gasteiger partial charge in [-0.15, -0.1) is 0 Å². The largest absolute Gasteiger partial charge is 0.495 e. The van der Waals surface area contributed by atoms with Crippen LogP contribution in [0.4, 0.5) is 5.69 Å². The summed E-state index contributed by atoms with van der Waals surface area (Å²) in [6.45, 7) is 1.20. The van der Waals surface area contributed by atoms with Crippen molar-refractivity contribution in [2.24, 2.45) is 11.7 Å². The third kappa shape index (κ3) is 4.53. The van der Waals surface area contributed by atoms with Gasteiger partial charge in [0.05, 0.1) is 13.2 Å². The average molecular weight is 383 g/mol. The topological polar surface area (TPSA) is 120 Å². The predicted molar refractivity (Wildman–Crippen MR) is 96.5 cm³/mol. The Bertz CT molecular complexity index is 758. The fraction of sp³-hybridized carbons (Fsp3) is 0.588. The van der Waals surface area contributed by atoms with Crippen LogP contribution in [-0.4, -0.2) is 46.7 Å². The van der Waals surface area contributed by atoms with E-state index in [2.05, 4.69) is 10.0 Å². The van der Waals surface area contributed by atoms with Crippen molar-refractivity contribution in [3.63, 3.8) is 0 Å². The molecule has 0 spiro atoms. The maximum absolute atomic E-state index is 12.5. The zero-order valence-electron chi connectivity index (χ0n) is 14.7. The number of carbonyl (C=O) groups is 1. The van der Waals surface area contributed by atoms with Gasteiger partial charge in [-0.1, -0.05) is 0 Å². The molecule has 144 valence electrons. The molecule has 1 aliphatic carbocycles. The van der Waals surface area contributed by atoms with Crippen LogP contribution in [-0.2, 0) is 19.6 Å². The quantitative estimate of drug-likeness (QED) is 0.641. The van der Waals surface area contributed by atoms with E-state index in [9.17, 15) is 13.2 Å². The van der Waals surface area contributed by atoms with E-state index in [0.717, 1.165) is 25.7 Å². The minimum absolute atomic E-state index is 0.00402. The number of rotatable bonds is 7. The van der Waals surface area contributed by atoms with E-state index >= 15 is 0 Å². The van der Waals surface area contributed by atoms with Gasteiger partial charge in [0, 0.05) is 24.9 Å². The van der Waals surface area contributed by atoms with Crippen LogP contribution in [0.1, 0.15) is 25.7 Å². The number of carbonyl (C=O) groups excluding carboxylic acids is 1. The molecule has 1 aliphatic heterocycles. The van der Waals surface area contributed by atoms with Crippen molar-refractivity contribution in [3.05, 3.63) is 18.2 Å². The number of hydrogen-bond acceptors (Lipinski definition) is 6. The highest BCUT2D eigenvalue weighted by molar-refractivity contribution is 7.89. The van der Waals surface area contributed by atoms with Crippen molar-refractivity contribution < 1.29 is 22.7 Å². The molecule has 1 amide bonds.